The van der Waals surface area contributed by atoms with Crippen LogP contribution in [0.5, 0.6) is 0 Å². The zero-order chi connectivity index (χ0) is 14.8. The Bertz CT molecular complexity index is 551. The summed E-state index contributed by atoms with van der Waals surface area (Å²) < 4.78 is 13.3. The fourth-order valence-corrected chi connectivity index (χ4v) is 2.55. The molecule has 6 heteroatoms. The van der Waals surface area contributed by atoms with E-state index in [0.29, 0.717) is 5.69 Å². The van der Waals surface area contributed by atoms with E-state index in [1.807, 2.05) is 6.92 Å². The number of nitrogens with zero attached hydrogens (tertiary/aromatic N) is 1. The molecule has 5 nitrogen and oxygen atoms in total. The summed E-state index contributed by atoms with van der Waals surface area (Å²) in [5.41, 5.74) is 5.62. The molecule has 0 saturated heterocycles. The molecule has 0 heterocycles. The zero-order valence-electron chi connectivity index (χ0n) is 11.3. The van der Waals surface area contributed by atoms with Crippen molar-refractivity contribution in [3.8, 4) is 0 Å². The predicted octanol–water partition coefficient (Wildman–Crippen LogP) is 2.44. The fourth-order valence-electron chi connectivity index (χ4n) is 2.55. The zero-order valence-corrected chi connectivity index (χ0v) is 11.3. The molecule has 0 unspecified atom stereocenters. The van der Waals surface area contributed by atoms with Crippen LogP contribution in [0.4, 0.5) is 10.1 Å². The Labute approximate surface area is 116 Å². The minimum absolute atomic E-state index is 0.117. The number of rotatable bonds is 3. The summed E-state index contributed by atoms with van der Waals surface area (Å²) in [5.74, 6) is -0.873. The Balaban J connectivity index is 2.27. The molecule has 0 aliphatic heterocycles. The lowest BCUT2D eigenvalue weighted by molar-refractivity contribution is -0.124. The van der Waals surface area contributed by atoms with Gasteiger partial charge in [0.2, 0.25) is 5.91 Å². The number of nitrogens with two attached hydrogens (primary N) is 1. The largest absolute Gasteiger partial charge is 0.409 e. The van der Waals surface area contributed by atoms with E-state index in [1.165, 1.54) is 12.1 Å². The molecule has 108 valence electrons. The topological polar surface area (TPSA) is 87.7 Å². The van der Waals surface area contributed by atoms with Gasteiger partial charge in [0.25, 0.3) is 0 Å². The standard InChI is InChI=1S/C14H18FN3O2/c1-14(6-2-3-7-14)13(19)17-11-5-4-9(15)8-10(11)12(16)18-20/h4-5,8,20H,2-3,6-7H2,1H3,(H2,16,18)(H,17,19). The molecule has 0 atom stereocenters. The molecular formula is C14H18FN3O2. The van der Waals surface area contributed by atoms with Gasteiger partial charge >= 0.3 is 0 Å². The van der Waals surface area contributed by atoms with Crippen LogP contribution in [0.15, 0.2) is 23.4 Å². The van der Waals surface area contributed by atoms with Gasteiger partial charge in [0.05, 0.1) is 5.69 Å². The molecule has 0 spiro atoms. The summed E-state index contributed by atoms with van der Waals surface area (Å²) in [6, 6.07) is 3.77. The van der Waals surface area contributed by atoms with E-state index >= 15 is 0 Å². The summed E-state index contributed by atoms with van der Waals surface area (Å²) >= 11 is 0. The van der Waals surface area contributed by atoms with Gasteiger partial charge < -0.3 is 16.3 Å². The van der Waals surface area contributed by atoms with Crippen LogP contribution in [0, 0.1) is 11.2 Å². The van der Waals surface area contributed by atoms with Gasteiger partial charge in [-0.1, -0.05) is 24.9 Å². The van der Waals surface area contributed by atoms with Crippen molar-refractivity contribution >= 4 is 17.4 Å². The van der Waals surface area contributed by atoms with Crippen LogP contribution in [0.2, 0.25) is 0 Å². The summed E-state index contributed by atoms with van der Waals surface area (Å²) in [6.07, 6.45) is 3.72. The minimum Gasteiger partial charge on any atom is -0.409 e. The molecule has 1 aromatic rings. The monoisotopic (exact) mass is 279 g/mol. The number of hydrogen-bond acceptors (Lipinski definition) is 3. The lowest BCUT2D eigenvalue weighted by Gasteiger charge is -2.23. The molecule has 0 radical (unpaired) electrons. The number of hydrogen-bond donors (Lipinski definition) is 3. The summed E-state index contributed by atoms with van der Waals surface area (Å²) in [5, 5.41) is 14.3. The van der Waals surface area contributed by atoms with Crippen molar-refractivity contribution < 1.29 is 14.4 Å². The first-order valence-corrected chi connectivity index (χ1v) is 6.55. The Morgan fingerprint density at radius 3 is 2.70 bits per heavy atom. The smallest absolute Gasteiger partial charge is 0.230 e. The Kier molecular flexibility index (Phi) is 3.92. The number of oxime groups is 1. The Morgan fingerprint density at radius 1 is 1.45 bits per heavy atom. The number of nitrogens with one attached hydrogen (secondary N) is 1. The molecular weight excluding hydrogens is 261 g/mol. The molecule has 1 amide bonds. The van der Waals surface area contributed by atoms with Gasteiger partial charge in [0.15, 0.2) is 5.84 Å². The van der Waals surface area contributed by atoms with Crippen molar-refractivity contribution in [3.05, 3.63) is 29.6 Å². The van der Waals surface area contributed by atoms with Gasteiger partial charge in [-0.15, -0.1) is 0 Å². The third-order valence-corrected chi connectivity index (χ3v) is 3.87. The van der Waals surface area contributed by atoms with E-state index in [-0.39, 0.29) is 17.3 Å². The van der Waals surface area contributed by atoms with Crippen molar-refractivity contribution in [2.24, 2.45) is 16.3 Å². The van der Waals surface area contributed by atoms with Crippen LogP contribution in [0.25, 0.3) is 0 Å². The van der Waals surface area contributed by atoms with Crippen LogP contribution in [0.3, 0.4) is 0 Å². The molecule has 2 rings (SSSR count). The van der Waals surface area contributed by atoms with Crippen molar-refractivity contribution in [2.75, 3.05) is 5.32 Å². The van der Waals surface area contributed by atoms with Crippen LogP contribution >= 0.6 is 0 Å². The van der Waals surface area contributed by atoms with Crippen LogP contribution in [-0.4, -0.2) is 17.0 Å². The fraction of sp³-hybridized carbons (Fsp3) is 0.429. The molecule has 4 N–H and O–H groups in total. The second kappa shape index (κ2) is 5.48. The number of halogens is 1. The number of carbonyl (C=O) groups excluding carboxylic acids is 1. The predicted molar refractivity (Wildman–Crippen MR) is 74.1 cm³/mol. The SMILES string of the molecule is CC1(C(=O)Nc2ccc(F)cc2/C(N)=N/O)CCCC1. The van der Waals surface area contributed by atoms with Gasteiger partial charge in [-0.05, 0) is 31.0 Å². The third kappa shape index (κ3) is 2.74. The third-order valence-electron chi connectivity index (χ3n) is 3.87. The van der Waals surface area contributed by atoms with Crippen molar-refractivity contribution in [3.63, 3.8) is 0 Å². The van der Waals surface area contributed by atoms with E-state index in [4.69, 9.17) is 10.9 Å². The van der Waals surface area contributed by atoms with Gasteiger partial charge in [-0.25, -0.2) is 4.39 Å². The molecule has 1 aromatic carbocycles. The number of anilines is 1. The van der Waals surface area contributed by atoms with Crippen LogP contribution in [0.1, 0.15) is 38.2 Å². The molecule has 1 aliphatic carbocycles. The van der Waals surface area contributed by atoms with Gasteiger partial charge in [0, 0.05) is 11.0 Å². The molecule has 1 aliphatic rings. The highest BCUT2D eigenvalue weighted by molar-refractivity contribution is 6.06. The molecule has 0 bridgehead atoms. The van der Waals surface area contributed by atoms with E-state index < -0.39 is 11.2 Å². The first-order chi connectivity index (χ1) is 9.46. The second-order valence-corrected chi connectivity index (χ2v) is 5.40. The highest BCUT2D eigenvalue weighted by Gasteiger charge is 2.36. The Morgan fingerprint density at radius 2 is 2.10 bits per heavy atom. The molecule has 1 saturated carbocycles. The highest BCUT2D eigenvalue weighted by Crippen LogP contribution is 2.38. The average Bonchev–Trinajstić information content (AvgIpc) is 2.88. The van der Waals surface area contributed by atoms with Crippen molar-refractivity contribution in [1.29, 1.82) is 0 Å². The maximum Gasteiger partial charge on any atom is 0.230 e. The second-order valence-electron chi connectivity index (χ2n) is 5.40. The summed E-state index contributed by atoms with van der Waals surface area (Å²) in [4.78, 5) is 12.3. The quantitative estimate of drug-likeness (QED) is 0.344. The lowest BCUT2D eigenvalue weighted by Crippen LogP contribution is -2.31. The maximum atomic E-state index is 13.3. The molecule has 0 aromatic heterocycles. The van der Waals surface area contributed by atoms with Crippen LogP contribution < -0.4 is 11.1 Å². The number of amidine groups is 1. The van der Waals surface area contributed by atoms with E-state index in [9.17, 15) is 9.18 Å². The van der Waals surface area contributed by atoms with Crippen molar-refractivity contribution in [2.45, 2.75) is 32.6 Å². The first kappa shape index (κ1) is 14.3. The first-order valence-electron chi connectivity index (χ1n) is 6.55. The number of benzene rings is 1. The van der Waals surface area contributed by atoms with Gasteiger partial charge in [-0.3, -0.25) is 4.79 Å². The average molecular weight is 279 g/mol. The van der Waals surface area contributed by atoms with Gasteiger partial charge in [-0.2, -0.15) is 0 Å². The number of amides is 1. The number of carbonyl (C=O) groups is 1. The maximum absolute atomic E-state index is 13.3. The van der Waals surface area contributed by atoms with E-state index in [0.717, 1.165) is 31.7 Å². The molecule has 1 fully saturated rings. The Hall–Kier alpha value is -2.11. The van der Waals surface area contributed by atoms with Gasteiger partial charge in [0.1, 0.15) is 5.82 Å². The van der Waals surface area contributed by atoms with E-state index in [1.54, 1.807) is 0 Å². The van der Waals surface area contributed by atoms with Crippen LogP contribution in [-0.2, 0) is 4.79 Å². The summed E-state index contributed by atoms with van der Waals surface area (Å²) in [7, 11) is 0. The minimum atomic E-state index is -0.517. The lowest BCUT2D eigenvalue weighted by atomic mass is 9.87. The van der Waals surface area contributed by atoms with E-state index in [2.05, 4.69) is 10.5 Å². The van der Waals surface area contributed by atoms with Crippen molar-refractivity contribution in [1.82, 2.24) is 0 Å². The molecule has 20 heavy (non-hydrogen) atoms. The summed E-state index contributed by atoms with van der Waals surface area (Å²) in [6.45, 7) is 1.92. The normalized spacial score (nSPS) is 18.0. The highest BCUT2D eigenvalue weighted by atomic mass is 19.1.